The first kappa shape index (κ1) is 24.5. The summed E-state index contributed by atoms with van der Waals surface area (Å²) in [4.78, 5) is 27.2. The van der Waals surface area contributed by atoms with Gasteiger partial charge in [0.25, 0.3) is 0 Å². The number of methoxy groups -OCH3 is 2. The summed E-state index contributed by atoms with van der Waals surface area (Å²) in [7, 11) is 4.57. The smallest absolute Gasteiger partial charge is 0.338 e. The topological polar surface area (TPSA) is 86.3 Å². The quantitative estimate of drug-likeness (QED) is 0.539. The zero-order valence-corrected chi connectivity index (χ0v) is 20.1. The third-order valence-corrected chi connectivity index (χ3v) is 5.58. The number of carbonyl (C=O) groups is 2. The van der Waals surface area contributed by atoms with Gasteiger partial charge < -0.3 is 24.3 Å². The number of nitrogens with zero attached hydrogens (tertiary/aromatic N) is 1. The molecule has 0 fully saturated rings. The van der Waals surface area contributed by atoms with Crippen LogP contribution in [-0.4, -0.2) is 51.4 Å². The SMILES string of the molecule is CCOC(=O)C1=C(COc2cc(Cl)ccc2Cl)N(C)C(=O)NC1c1cc(OC)cc(OC)c1. The first-order chi connectivity index (χ1) is 15.8. The Hall–Kier alpha value is -3.10. The van der Waals surface area contributed by atoms with Gasteiger partial charge in [-0.1, -0.05) is 23.2 Å². The number of amides is 2. The number of halogens is 2. The van der Waals surface area contributed by atoms with Crippen LogP contribution in [0.3, 0.4) is 0 Å². The number of nitrogens with one attached hydrogen (secondary N) is 1. The van der Waals surface area contributed by atoms with E-state index < -0.39 is 18.0 Å². The number of benzene rings is 2. The van der Waals surface area contributed by atoms with Crippen LogP contribution in [0.25, 0.3) is 0 Å². The Labute approximate surface area is 202 Å². The maximum atomic E-state index is 13.1. The Balaban J connectivity index is 2.10. The molecular formula is C23H24Cl2N2O6. The van der Waals surface area contributed by atoms with Crippen molar-refractivity contribution < 1.29 is 28.5 Å². The van der Waals surface area contributed by atoms with Crippen LogP contribution in [0.1, 0.15) is 18.5 Å². The van der Waals surface area contributed by atoms with Crippen molar-refractivity contribution in [3.8, 4) is 17.2 Å². The van der Waals surface area contributed by atoms with Gasteiger partial charge in [0.15, 0.2) is 0 Å². The van der Waals surface area contributed by atoms with Gasteiger partial charge in [0.05, 0.1) is 43.2 Å². The second kappa shape index (κ2) is 10.7. The van der Waals surface area contributed by atoms with Crippen LogP contribution in [0.5, 0.6) is 17.2 Å². The van der Waals surface area contributed by atoms with E-state index in [2.05, 4.69) is 5.32 Å². The number of hydrogen-bond donors (Lipinski definition) is 1. The molecule has 0 aromatic heterocycles. The van der Waals surface area contributed by atoms with E-state index in [4.69, 9.17) is 42.1 Å². The number of esters is 1. The zero-order chi connectivity index (χ0) is 24.1. The lowest BCUT2D eigenvalue weighted by Crippen LogP contribution is -2.48. The van der Waals surface area contributed by atoms with E-state index in [1.165, 1.54) is 26.2 Å². The minimum atomic E-state index is -0.829. The van der Waals surface area contributed by atoms with Gasteiger partial charge >= 0.3 is 12.0 Å². The van der Waals surface area contributed by atoms with Crippen molar-refractivity contribution in [3.63, 3.8) is 0 Å². The fourth-order valence-corrected chi connectivity index (χ4v) is 3.70. The highest BCUT2D eigenvalue weighted by Crippen LogP contribution is 2.36. The molecular weight excluding hydrogens is 471 g/mol. The normalized spacial score (nSPS) is 15.8. The molecule has 1 N–H and O–H groups in total. The van der Waals surface area contributed by atoms with Gasteiger partial charge in [-0.25, -0.2) is 9.59 Å². The summed E-state index contributed by atoms with van der Waals surface area (Å²) in [6, 6.07) is 8.65. The highest BCUT2D eigenvalue weighted by atomic mass is 35.5. The zero-order valence-electron chi connectivity index (χ0n) is 18.6. The van der Waals surface area contributed by atoms with Gasteiger partial charge in [-0.2, -0.15) is 0 Å². The number of carbonyl (C=O) groups excluding carboxylic acids is 2. The first-order valence-corrected chi connectivity index (χ1v) is 10.8. The Morgan fingerprint density at radius 3 is 2.36 bits per heavy atom. The summed E-state index contributed by atoms with van der Waals surface area (Å²) >= 11 is 12.3. The lowest BCUT2D eigenvalue weighted by atomic mass is 9.94. The third-order valence-electron chi connectivity index (χ3n) is 5.04. The second-order valence-corrected chi connectivity index (χ2v) is 7.88. The molecule has 1 aliphatic heterocycles. The van der Waals surface area contributed by atoms with Gasteiger partial charge in [0.1, 0.15) is 23.9 Å². The van der Waals surface area contributed by atoms with Crippen LogP contribution in [0.2, 0.25) is 10.0 Å². The van der Waals surface area contributed by atoms with Crippen LogP contribution in [0.15, 0.2) is 47.7 Å². The van der Waals surface area contributed by atoms with E-state index in [-0.39, 0.29) is 18.8 Å². The molecule has 1 atom stereocenters. The first-order valence-electron chi connectivity index (χ1n) is 10.0. The molecule has 3 rings (SSSR count). The number of hydrogen-bond acceptors (Lipinski definition) is 6. The molecule has 2 aromatic rings. The maximum absolute atomic E-state index is 13.1. The van der Waals surface area contributed by atoms with E-state index in [0.717, 1.165) is 0 Å². The molecule has 176 valence electrons. The van der Waals surface area contributed by atoms with Gasteiger partial charge in [0, 0.05) is 24.2 Å². The van der Waals surface area contributed by atoms with Crippen molar-refractivity contribution in [1.29, 1.82) is 0 Å². The number of rotatable bonds is 8. The summed E-state index contributed by atoms with van der Waals surface area (Å²) in [5.74, 6) is 0.735. The van der Waals surface area contributed by atoms with Crippen molar-refractivity contribution in [1.82, 2.24) is 10.2 Å². The van der Waals surface area contributed by atoms with Gasteiger partial charge in [0.2, 0.25) is 0 Å². The molecule has 0 spiro atoms. The molecule has 1 heterocycles. The van der Waals surface area contributed by atoms with Crippen molar-refractivity contribution in [2.24, 2.45) is 0 Å². The Bertz CT molecular complexity index is 1070. The minimum Gasteiger partial charge on any atom is -0.497 e. The molecule has 10 heteroatoms. The Morgan fingerprint density at radius 2 is 1.76 bits per heavy atom. The predicted octanol–water partition coefficient (Wildman–Crippen LogP) is 4.60. The molecule has 0 saturated carbocycles. The van der Waals surface area contributed by atoms with Crippen molar-refractivity contribution in [2.75, 3.05) is 34.5 Å². The lowest BCUT2D eigenvalue weighted by molar-refractivity contribution is -0.139. The number of likely N-dealkylation sites (N-methyl/N-ethyl adjacent to an activating group) is 1. The summed E-state index contributed by atoms with van der Waals surface area (Å²) in [5, 5.41) is 3.62. The Morgan fingerprint density at radius 1 is 1.09 bits per heavy atom. The van der Waals surface area contributed by atoms with Crippen molar-refractivity contribution >= 4 is 35.2 Å². The maximum Gasteiger partial charge on any atom is 0.338 e. The van der Waals surface area contributed by atoms with E-state index in [9.17, 15) is 9.59 Å². The average molecular weight is 495 g/mol. The summed E-state index contributed by atoms with van der Waals surface area (Å²) in [5.41, 5.74) is 1.11. The third kappa shape index (κ3) is 5.46. The summed E-state index contributed by atoms with van der Waals surface area (Å²) in [6.45, 7) is 1.73. The molecule has 0 bridgehead atoms. The van der Waals surface area contributed by atoms with Crippen LogP contribution in [0, 0.1) is 0 Å². The molecule has 0 saturated heterocycles. The van der Waals surface area contributed by atoms with Gasteiger partial charge in [-0.3, -0.25) is 4.90 Å². The standard InChI is InChI=1S/C23H24Cl2N2O6/c1-5-32-22(28)20-18(12-33-19-10-14(24)6-7-17(19)25)27(2)23(29)26-21(20)13-8-15(30-3)11-16(9-13)31-4/h6-11,21H,5,12H2,1-4H3,(H,26,29). The van der Waals surface area contributed by atoms with Gasteiger partial charge in [-0.15, -0.1) is 0 Å². The lowest BCUT2D eigenvalue weighted by Gasteiger charge is -2.34. The van der Waals surface area contributed by atoms with Crippen LogP contribution in [0.4, 0.5) is 4.79 Å². The van der Waals surface area contributed by atoms with Crippen LogP contribution >= 0.6 is 23.2 Å². The number of ether oxygens (including phenoxy) is 4. The van der Waals surface area contributed by atoms with E-state index >= 15 is 0 Å². The van der Waals surface area contributed by atoms with Crippen LogP contribution < -0.4 is 19.5 Å². The molecule has 8 nitrogen and oxygen atoms in total. The molecule has 2 amide bonds. The highest BCUT2D eigenvalue weighted by molar-refractivity contribution is 6.34. The molecule has 2 aromatic carbocycles. The Kier molecular flexibility index (Phi) is 7.94. The number of urea groups is 1. The molecule has 1 unspecified atom stereocenters. The minimum absolute atomic E-state index is 0.129. The fraction of sp³-hybridized carbons (Fsp3) is 0.304. The van der Waals surface area contributed by atoms with E-state index in [0.29, 0.717) is 38.6 Å². The molecule has 1 aliphatic rings. The van der Waals surface area contributed by atoms with Crippen LogP contribution in [-0.2, 0) is 9.53 Å². The summed E-state index contributed by atoms with van der Waals surface area (Å²) < 4.78 is 21.9. The largest absolute Gasteiger partial charge is 0.497 e. The van der Waals surface area contributed by atoms with E-state index in [1.807, 2.05) is 0 Å². The molecule has 33 heavy (non-hydrogen) atoms. The second-order valence-electron chi connectivity index (χ2n) is 7.03. The van der Waals surface area contributed by atoms with Gasteiger partial charge in [-0.05, 0) is 36.8 Å². The predicted molar refractivity (Wildman–Crippen MR) is 124 cm³/mol. The molecule has 0 radical (unpaired) electrons. The van der Waals surface area contributed by atoms with Crippen molar-refractivity contribution in [3.05, 3.63) is 63.3 Å². The summed E-state index contributed by atoms with van der Waals surface area (Å²) in [6.07, 6.45) is 0. The van der Waals surface area contributed by atoms with E-state index in [1.54, 1.807) is 43.3 Å². The van der Waals surface area contributed by atoms with Crippen molar-refractivity contribution in [2.45, 2.75) is 13.0 Å². The highest BCUT2D eigenvalue weighted by Gasteiger charge is 2.37. The fourth-order valence-electron chi connectivity index (χ4n) is 3.36. The molecule has 0 aliphatic carbocycles. The monoisotopic (exact) mass is 494 g/mol. The average Bonchev–Trinajstić information content (AvgIpc) is 2.81.